The number of halogens is 4. The van der Waals surface area contributed by atoms with Gasteiger partial charge in [-0.25, -0.2) is 4.68 Å². The van der Waals surface area contributed by atoms with E-state index in [9.17, 15) is 18.0 Å². The first-order valence-electron chi connectivity index (χ1n) is 5.61. The van der Waals surface area contributed by atoms with Crippen LogP contribution in [0, 0.1) is 0 Å². The van der Waals surface area contributed by atoms with E-state index in [4.69, 9.17) is 17.3 Å². The Balaban J connectivity index is 2.30. The fourth-order valence-electron chi connectivity index (χ4n) is 1.97. The summed E-state index contributed by atoms with van der Waals surface area (Å²) in [5.41, 5.74) is 5.11. The van der Waals surface area contributed by atoms with Crippen LogP contribution in [0.15, 0.2) is 11.0 Å². The van der Waals surface area contributed by atoms with Crippen LogP contribution in [0.25, 0.3) is 0 Å². The number of nitrogens with zero attached hydrogens (tertiary/aromatic N) is 3. The highest BCUT2D eigenvalue weighted by Gasteiger charge is 2.30. The van der Waals surface area contributed by atoms with Crippen LogP contribution in [0.2, 0.25) is 5.02 Å². The van der Waals surface area contributed by atoms with Gasteiger partial charge in [-0.2, -0.15) is 18.3 Å². The van der Waals surface area contributed by atoms with Crippen molar-refractivity contribution in [3.8, 4) is 0 Å². The molecule has 2 N–H and O–H groups in total. The molecule has 1 saturated heterocycles. The first-order valence-corrected chi connectivity index (χ1v) is 5.98. The second kappa shape index (κ2) is 5.01. The zero-order valence-electron chi connectivity index (χ0n) is 9.82. The number of nitrogens with two attached hydrogens (primary N) is 1. The average molecular weight is 297 g/mol. The minimum absolute atomic E-state index is 0.0336. The van der Waals surface area contributed by atoms with Crippen molar-refractivity contribution in [2.75, 3.05) is 18.0 Å². The van der Waals surface area contributed by atoms with Gasteiger partial charge in [0.2, 0.25) is 0 Å². The highest BCUT2D eigenvalue weighted by molar-refractivity contribution is 6.33. The van der Waals surface area contributed by atoms with Crippen LogP contribution >= 0.6 is 11.6 Å². The normalized spacial score (nSPS) is 20.1. The third-order valence-electron chi connectivity index (χ3n) is 2.86. The molecule has 106 valence electrons. The van der Waals surface area contributed by atoms with Gasteiger partial charge < -0.3 is 10.6 Å². The molecule has 1 aromatic rings. The Bertz CT molecular complexity index is 530. The van der Waals surface area contributed by atoms with Gasteiger partial charge in [-0.05, 0) is 6.42 Å². The summed E-state index contributed by atoms with van der Waals surface area (Å²) in [6.07, 6.45) is -2.60. The largest absolute Gasteiger partial charge is 0.408 e. The lowest BCUT2D eigenvalue weighted by Crippen LogP contribution is -2.33. The van der Waals surface area contributed by atoms with Gasteiger partial charge in [0.25, 0.3) is 5.56 Å². The van der Waals surface area contributed by atoms with Crippen LogP contribution in [0.1, 0.15) is 6.42 Å². The maximum Gasteiger partial charge on any atom is 0.408 e. The van der Waals surface area contributed by atoms with Gasteiger partial charge in [-0.3, -0.25) is 4.79 Å². The summed E-state index contributed by atoms with van der Waals surface area (Å²) < 4.78 is 37.0. The number of hydrogen-bond donors (Lipinski definition) is 1. The Kier molecular flexibility index (Phi) is 3.73. The summed E-state index contributed by atoms with van der Waals surface area (Å²) in [6.45, 7) is -0.346. The van der Waals surface area contributed by atoms with E-state index in [-0.39, 0.29) is 11.1 Å². The zero-order valence-corrected chi connectivity index (χ0v) is 10.6. The number of rotatable bonds is 2. The van der Waals surface area contributed by atoms with Gasteiger partial charge in [0, 0.05) is 19.1 Å². The second-order valence-electron chi connectivity index (χ2n) is 4.42. The molecule has 1 unspecified atom stereocenters. The second-order valence-corrected chi connectivity index (χ2v) is 4.79. The Morgan fingerprint density at radius 3 is 2.74 bits per heavy atom. The van der Waals surface area contributed by atoms with Gasteiger partial charge >= 0.3 is 6.18 Å². The van der Waals surface area contributed by atoms with Gasteiger partial charge in [-0.1, -0.05) is 11.6 Å². The Hall–Kier alpha value is -1.28. The monoisotopic (exact) mass is 296 g/mol. The minimum atomic E-state index is -4.52. The number of aromatic nitrogens is 2. The average Bonchev–Trinajstić information content (AvgIpc) is 2.70. The van der Waals surface area contributed by atoms with Crippen molar-refractivity contribution in [2.24, 2.45) is 5.73 Å². The quantitative estimate of drug-likeness (QED) is 0.884. The number of alkyl halides is 3. The van der Waals surface area contributed by atoms with Crippen LogP contribution < -0.4 is 16.2 Å². The predicted octanol–water partition coefficient (Wildman–Crippen LogP) is 0.996. The highest BCUT2D eigenvalue weighted by atomic mass is 35.5. The number of anilines is 1. The van der Waals surface area contributed by atoms with Gasteiger partial charge in [0.15, 0.2) is 0 Å². The summed E-state index contributed by atoms with van der Waals surface area (Å²) in [6, 6.07) is -0.0336. The summed E-state index contributed by atoms with van der Waals surface area (Å²) >= 11 is 5.83. The van der Waals surface area contributed by atoms with E-state index in [1.165, 1.54) is 6.20 Å². The SMILES string of the molecule is NC1CCN(c2cnn(CC(F)(F)F)c(=O)c2Cl)C1. The number of hydrogen-bond acceptors (Lipinski definition) is 4. The fourth-order valence-corrected chi connectivity index (χ4v) is 2.23. The molecule has 0 aliphatic carbocycles. The molecule has 0 bridgehead atoms. The molecule has 1 fully saturated rings. The van der Waals surface area contributed by atoms with Gasteiger partial charge in [0.1, 0.15) is 11.6 Å². The van der Waals surface area contributed by atoms with Crippen LogP contribution in [-0.2, 0) is 6.54 Å². The van der Waals surface area contributed by atoms with E-state index >= 15 is 0 Å². The Morgan fingerprint density at radius 2 is 2.21 bits per heavy atom. The maximum atomic E-state index is 12.2. The lowest BCUT2D eigenvalue weighted by atomic mass is 10.3. The molecule has 19 heavy (non-hydrogen) atoms. The van der Waals surface area contributed by atoms with Crippen molar-refractivity contribution in [2.45, 2.75) is 25.2 Å². The molecular formula is C10H12ClF3N4O. The van der Waals surface area contributed by atoms with Crippen molar-refractivity contribution >= 4 is 17.3 Å². The van der Waals surface area contributed by atoms with Crippen molar-refractivity contribution in [1.82, 2.24) is 9.78 Å². The van der Waals surface area contributed by atoms with Crippen molar-refractivity contribution < 1.29 is 13.2 Å². The highest BCUT2D eigenvalue weighted by Crippen LogP contribution is 2.25. The molecule has 2 rings (SSSR count). The van der Waals surface area contributed by atoms with Crippen LogP contribution in [0.4, 0.5) is 18.9 Å². The van der Waals surface area contributed by atoms with Gasteiger partial charge in [-0.15, -0.1) is 0 Å². The minimum Gasteiger partial charge on any atom is -0.367 e. The lowest BCUT2D eigenvalue weighted by Gasteiger charge is -2.19. The Labute approximate surface area is 111 Å². The summed E-state index contributed by atoms with van der Waals surface area (Å²) in [4.78, 5) is 13.5. The molecular weight excluding hydrogens is 285 g/mol. The van der Waals surface area contributed by atoms with Crippen LogP contribution in [-0.4, -0.2) is 35.1 Å². The molecule has 5 nitrogen and oxygen atoms in total. The van der Waals surface area contributed by atoms with E-state index in [0.29, 0.717) is 23.5 Å². The molecule has 1 aliphatic heterocycles. The third kappa shape index (κ3) is 3.19. The van der Waals surface area contributed by atoms with Crippen LogP contribution in [0.5, 0.6) is 0 Å². The molecule has 2 heterocycles. The Morgan fingerprint density at radius 1 is 1.53 bits per heavy atom. The van der Waals surface area contributed by atoms with Crippen LogP contribution in [0.3, 0.4) is 0 Å². The van der Waals surface area contributed by atoms with E-state index in [2.05, 4.69) is 5.10 Å². The third-order valence-corrected chi connectivity index (χ3v) is 3.22. The summed E-state index contributed by atoms with van der Waals surface area (Å²) in [5.74, 6) is 0. The van der Waals surface area contributed by atoms with Crippen molar-refractivity contribution in [3.63, 3.8) is 0 Å². The molecule has 1 aliphatic rings. The maximum absolute atomic E-state index is 12.2. The van der Waals surface area contributed by atoms with E-state index < -0.39 is 18.3 Å². The first kappa shape index (κ1) is 14.1. The molecule has 0 amide bonds. The molecule has 0 radical (unpaired) electrons. The molecule has 0 aromatic carbocycles. The first-order chi connectivity index (χ1) is 8.78. The van der Waals surface area contributed by atoms with Crippen molar-refractivity contribution in [3.05, 3.63) is 21.6 Å². The molecule has 9 heteroatoms. The summed E-state index contributed by atoms with van der Waals surface area (Å²) in [7, 11) is 0. The smallest absolute Gasteiger partial charge is 0.367 e. The molecule has 0 saturated carbocycles. The molecule has 1 aromatic heterocycles. The summed E-state index contributed by atoms with van der Waals surface area (Å²) in [5, 5.41) is 3.26. The molecule has 1 atom stereocenters. The standard InChI is InChI=1S/C10H12ClF3N4O/c11-8-7(17-2-1-6(15)4-17)3-16-18(9(8)19)5-10(12,13)14/h3,6H,1-2,4-5,15H2. The van der Waals surface area contributed by atoms with E-state index in [1.807, 2.05) is 0 Å². The van der Waals surface area contributed by atoms with Crippen molar-refractivity contribution in [1.29, 1.82) is 0 Å². The lowest BCUT2D eigenvalue weighted by molar-refractivity contribution is -0.143. The topological polar surface area (TPSA) is 64.2 Å². The molecule has 0 spiro atoms. The fraction of sp³-hybridized carbons (Fsp3) is 0.600. The van der Waals surface area contributed by atoms with E-state index in [1.54, 1.807) is 4.90 Å². The predicted molar refractivity (Wildman–Crippen MR) is 64.4 cm³/mol. The van der Waals surface area contributed by atoms with E-state index in [0.717, 1.165) is 6.42 Å². The zero-order chi connectivity index (χ0) is 14.2. The van der Waals surface area contributed by atoms with Gasteiger partial charge in [0.05, 0.1) is 11.9 Å².